The molecule has 7 nitrogen and oxygen atoms in total. The summed E-state index contributed by atoms with van der Waals surface area (Å²) in [5, 5.41) is 9.20. The van der Waals surface area contributed by atoms with Crippen molar-refractivity contribution in [1.82, 2.24) is 15.3 Å². The molecule has 5 rings (SSSR count). The third kappa shape index (κ3) is 5.18. The number of aryl methyl sites for hydroxylation is 1. The Hall–Kier alpha value is -3.16. The molecule has 0 unspecified atom stereocenters. The Morgan fingerprint density at radius 3 is 2.64 bits per heavy atom. The summed E-state index contributed by atoms with van der Waals surface area (Å²) >= 11 is 6.22. The average Bonchev–Trinajstić information content (AvgIpc) is 2.87. The van der Waals surface area contributed by atoms with Crippen LogP contribution < -0.4 is 21.0 Å². The molecule has 4 aromatic rings. The van der Waals surface area contributed by atoms with E-state index in [1.54, 1.807) is 12.3 Å². The van der Waals surface area contributed by atoms with Crippen LogP contribution in [0, 0.1) is 12.8 Å². The summed E-state index contributed by atoms with van der Waals surface area (Å²) in [5.74, 6) is 2.19. The van der Waals surface area contributed by atoms with Crippen molar-refractivity contribution in [2.45, 2.75) is 45.2 Å². The van der Waals surface area contributed by atoms with Gasteiger partial charge < -0.3 is 20.0 Å². The molecule has 2 aromatic carbocycles. The van der Waals surface area contributed by atoms with Gasteiger partial charge in [0, 0.05) is 42.7 Å². The number of para-hydroxylation sites is 1. The Kier molecular flexibility index (Phi) is 7.12. The summed E-state index contributed by atoms with van der Waals surface area (Å²) in [6, 6.07) is 12.0. The fraction of sp³-hybridized carbons (Fsp3) is 0.393. The van der Waals surface area contributed by atoms with E-state index in [1.807, 2.05) is 50.2 Å². The zero-order chi connectivity index (χ0) is 25.2. The number of anilines is 2. The average molecular weight is 506 g/mol. The Morgan fingerprint density at radius 2 is 1.86 bits per heavy atom. The van der Waals surface area contributed by atoms with Crippen LogP contribution in [0.15, 0.2) is 51.9 Å². The van der Waals surface area contributed by atoms with E-state index in [0.29, 0.717) is 46.0 Å². The smallest absolute Gasteiger partial charge is 0.225 e. The van der Waals surface area contributed by atoms with E-state index >= 15 is 0 Å². The number of hydrogen-bond acceptors (Lipinski definition) is 7. The molecule has 8 heteroatoms. The first-order valence-corrected chi connectivity index (χ1v) is 12.9. The van der Waals surface area contributed by atoms with E-state index in [1.165, 1.54) is 0 Å². The number of hydrogen-bond donors (Lipinski definition) is 2. The maximum atomic E-state index is 12.9. The molecule has 0 aliphatic heterocycles. The molecule has 1 fully saturated rings. The maximum Gasteiger partial charge on any atom is 0.225 e. The van der Waals surface area contributed by atoms with Gasteiger partial charge in [-0.1, -0.05) is 23.7 Å². The van der Waals surface area contributed by atoms with Gasteiger partial charge in [0.1, 0.15) is 11.4 Å². The lowest BCUT2D eigenvalue weighted by molar-refractivity contribution is 0.323. The zero-order valence-electron chi connectivity index (χ0n) is 21.0. The van der Waals surface area contributed by atoms with Crippen molar-refractivity contribution in [2.75, 3.05) is 30.9 Å². The molecule has 2 heterocycles. The van der Waals surface area contributed by atoms with Gasteiger partial charge in [0.05, 0.1) is 17.2 Å². The topological polar surface area (TPSA) is 83.3 Å². The van der Waals surface area contributed by atoms with Crippen molar-refractivity contribution in [3.8, 4) is 0 Å². The quantitative estimate of drug-likeness (QED) is 0.342. The lowest BCUT2D eigenvalue weighted by Crippen LogP contribution is -2.32. The highest BCUT2D eigenvalue weighted by atomic mass is 35.5. The van der Waals surface area contributed by atoms with Crippen molar-refractivity contribution in [3.05, 3.63) is 69.0 Å². The number of benzene rings is 2. The highest BCUT2D eigenvalue weighted by Crippen LogP contribution is 2.28. The van der Waals surface area contributed by atoms with Crippen LogP contribution in [0.25, 0.3) is 21.9 Å². The monoisotopic (exact) mass is 505 g/mol. The number of halogens is 1. The first-order chi connectivity index (χ1) is 17.4. The molecule has 0 saturated heterocycles. The van der Waals surface area contributed by atoms with E-state index in [-0.39, 0.29) is 5.43 Å². The van der Waals surface area contributed by atoms with Crippen molar-refractivity contribution in [3.63, 3.8) is 0 Å². The second-order valence-electron chi connectivity index (χ2n) is 9.96. The van der Waals surface area contributed by atoms with Crippen LogP contribution in [0.2, 0.25) is 5.02 Å². The van der Waals surface area contributed by atoms with Crippen molar-refractivity contribution in [1.29, 1.82) is 0 Å². The fourth-order valence-corrected chi connectivity index (χ4v) is 5.15. The van der Waals surface area contributed by atoms with Gasteiger partial charge >= 0.3 is 0 Å². The minimum atomic E-state index is -0.0222. The van der Waals surface area contributed by atoms with Crippen LogP contribution >= 0.6 is 11.6 Å². The van der Waals surface area contributed by atoms with E-state index in [0.717, 1.165) is 54.5 Å². The first-order valence-electron chi connectivity index (χ1n) is 12.5. The highest BCUT2D eigenvalue weighted by Gasteiger charge is 2.22. The van der Waals surface area contributed by atoms with E-state index in [4.69, 9.17) is 26.0 Å². The predicted octanol–water partition coefficient (Wildman–Crippen LogP) is 5.52. The van der Waals surface area contributed by atoms with Gasteiger partial charge in [0.15, 0.2) is 5.43 Å². The normalized spacial score (nSPS) is 18.0. The molecular formula is C28H32ClN5O2. The molecule has 1 aliphatic carbocycles. The highest BCUT2D eigenvalue weighted by molar-refractivity contribution is 6.32. The zero-order valence-corrected chi connectivity index (χ0v) is 21.7. The number of fused-ring (bicyclic) bond motifs is 2. The standard InChI is InChI=1S/C28H32ClN5O2/c1-17-12-25-22(13-23(17)29)26(35)19(16-36-25)15-30-14-18-8-10-20(11-9-18)31-28-32-24-7-5-4-6-21(24)27(33-28)34(2)3/h4-7,12-13,16,18,20,30H,8-11,14-15H2,1-3H3,(H,31,32,33)/t18-,20+. The molecule has 0 bridgehead atoms. The van der Waals surface area contributed by atoms with Crippen molar-refractivity contribution in [2.24, 2.45) is 5.92 Å². The summed E-state index contributed by atoms with van der Waals surface area (Å²) in [7, 11) is 4.02. The molecule has 2 N–H and O–H groups in total. The van der Waals surface area contributed by atoms with Crippen LogP contribution in [0.4, 0.5) is 11.8 Å². The molecule has 0 spiro atoms. The molecule has 36 heavy (non-hydrogen) atoms. The van der Waals surface area contributed by atoms with Crippen LogP contribution in [0.5, 0.6) is 0 Å². The molecule has 188 valence electrons. The summed E-state index contributed by atoms with van der Waals surface area (Å²) in [5.41, 5.74) is 3.03. The summed E-state index contributed by atoms with van der Waals surface area (Å²) in [6.07, 6.45) is 5.92. The van der Waals surface area contributed by atoms with E-state index in [2.05, 4.69) is 16.7 Å². The molecule has 1 saturated carbocycles. The largest absolute Gasteiger partial charge is 0.464 e. The van der Waals surface area contributed by atoms with Gasteiger partial charge in [-0.05, 0) is 74.9 Å². The third-order valence-electron chi connectivity index (χ3n) is 7.06. The second kappa shape index (κ2) is 10.4. The molecule has 0 amide bonds. The molecule has 2 aromatic heterocycles. The Bertz CT molecular complexity index is 1440. The SMILES string of the molecule is Cc1cc2occ(CNC[C@H]3CC[C@@H](Nc4nc(N(C)C)c5ccccc5n4)CC3)c(=O)c2cc1Cl. The molecular weight excluding hydrogens is 474 g/mol. The van der Waals surface area contributed by atoms with E-state index < -0.39 is 0 Å². The summed E-state index contributed by atoms with van der Waals surface area (Å²) in [4.78, 5) is 24.4. The second-order valence-corrected chi connectivity index (χ2v) is 10.4. The molecule has 1 aliphatic rings. The summed E-state index contributed by atoms with van der Waals surface area (Å²) in [6.45, 7) is 3.26. The van der Waals surface area contributed by atoms with Crippen LogP contribution in [0.3, 0.4) is 0 Å². The Balaban J connectivity index is 1.15. The molecule has 0 radical (unpaired) electrons. The Labute approximate surface area is 215 Å². The van der Waals surface area contributed by atoms with Gasteiger partial charge in [0.2, 0.25) is 5.95 Å². The lowest BCUT2D eigenvalue weighted by Gasteiger charge is -2.29. The van der Waals surface area contributed by atoms with Gasteiger partial charge in [0.25, 0.3) is 0 Å². The Morgan fingerprint density at radius 1 is 1.08 bits per heavy atom. The minimum Gasteiger partial charge on any atom is -0.464 e. The van der Waals surface area contributed by atoms with Crippen LogP contribution in [-0.2, 0) is 6.54 Å². The predicted molar refractivity (Wildman–Crippen MR) is 147 cm³/mol. The minimum absolute atomic E-state index is 0.0222. The van der Waals surface area contributed by atoms with Crippen LogP contribution in [0.1, 0.15) is 36.8 Å². The lowest BCUT2D eigenvalue weighted by atomic mass is 9.86. The fourth-order valence-electron chi connectivity index (χ4n) is 4.98. The van der Waals surface area contributed by atoms with Gasteiger partial charge in [-0.15, -0.1) is 0 Å². The number of nitrogens with zero attached hydrogens (tertiary/aromatic N) is 3. The number of nitrogens with one attached hydrogen (secondary N) is 2. The van der Waals surface area contributed by atoms with E-state index in [9.17, 15) is 4.79 Å². The van der Waals surface area contributed by atoms with Gasteiger partial charge in [-0.25, -0.2) is 4.98 Å². The maximum absolute atomic E-state index is 12.9. The van der Waals surface area contributed by atoms with Crippen LogP contribution in [-0.4, -0.2) is 36.6 Å². The third-order valence-corrected chi connectivity index (χ3v) is 7.47. The molecule has 0 atom stereocenters. The number of rotatable bonds is 7. The van der Waals surface area contributed by atoms with Crippen molar-refractivity contribution < 1.29 is 4.42 Å². The van der Waals surface area contributed by atoms with Gasteiger partial charge in [-0.3, -0.25) is 4.79 Å². The van der Waals surface area contributed by atoms with Crippen molar-refractivity contribution >= 4 is 45.2 Å². The summed E-state index contributed by atoms with van der Waals surface area (Å²) < 4.78 is 5.70. The number of aromatic nitrogens is 2. The van der Waals surface area contributed by atoms with Gasteiger partial charge in [-0.2, -0.15) is 4.98 Å². The first kappa shape index (κ1) is 24.5.